The van der Waals surface area contributed by atoms with Gasteiger partial charge in [-0.3, -0.25) is 4.79 Å². The van der Waals surface area contributed by atoms with Gasteiger partial charge >= 0.3 is 0 Å². The summed E-state index contributed by atoms with van der Waals surface area (Å²) in [4.78, 5) is 14.5. The van der Waals surface area contributed by atoms with E-state index in [-0.39, 0.29) is 24.5 Å². The topological polar surface area (TPSA) is 48.0 Å². The zero-order valence-corrected chi connectivity index (χ0v) is 14.0. The molecular formula is C17H22ClNO4. The molecule has 1 aromatic rings. The number of halogens is 1. The highest BCUT2D eigenvalue weighted by Crippen LogP contribution is 2.30. The number of morpholine rings is 1. The molecule has 0 saturated carbocycles. The van der Waals surface area contributed by atoms with Crippen molar-refractivity contribution in [2.75, 3.05) is 26.4 Å². The van der Waals surface area contributed by atoms with Crippen LogP contribution < -0.4 is 0 Å². The molecule has 1 aromatic carbocycles. The highest BCUT2D eigenvalue weighted by molar-refractivity contribution is 6.31. The molecule has 0 aliphatic carbocycles. The molecule has 2 aliphatic rings. The lowest BCUT2D eigenvalue weighted by Gasteiger charge is -2.39. The Morgan fingerprint density at radius 1 is 1.26 bits per heavy atom. The maximum absolute atomic E-state index is 12.6. The van der Waals surface area contributed by atoms with Crippen LogP contribution in [0.3, 0.4) is 0 Å². The first-order valence-electron chi connectivity index (χ1n) is 8.04. The smallest absolute Gasteiger partial charge is 0.228 e. The van der Waals surface area contributed by atoms with Crippen LogP contribution in [-0.4, -0.2) is 49.5 Å². The molecule has 0 bridgehead atoms. The van der Waals surface area contributed by atoms with Crippen LogP contribution in [0.15, 0.2) is 24.3 Å². The Balaban J connectivity index is 1.65. The lowest BCUT2D eigenvalue weighted by molar-refractivity contribution is -0.190. The predicted octanol–water partition coefficient (Wildman–Crippen LogP) is 2.78. The number of rotatable bonds is 3. The van der Waals surface area contributed by atoms with E-state index in [1.807, 2.05) is 36.1 Å². The van der Waals surface area contributed by atoms with Crippen molar-refractivity contribution in [2.24, 2.45) is 0 Å². The van der Waals surface area contributed by atoms with Gasteiger partial charge in [-0.25, -0.2) is 0 Å². The first kappa shape index (κ1) is 16.7. The van der Waals surface area contributed by atoms with Gasteiger partial charge in [-0.05, 0) is 19.4 Å². The minimum Gasteiger partial charge on any atom is -0.369 e. The van der Waals surface area contributed by atoms with Gasteiger partial charge in [0, 0.05) is 10.6 Å². The van der Waals surface area contributed by atoms with Gasteiger partial charge in [-0.15, -0.1) is 0 Å². The van der Waals surface area contributed by atoms with E-state index in [0.29, 0.717) is 31.4 Å². The average molecular weight is 340 g/mol. The molecule has 3 rings (SSSR count). The highest BCUT2D eigenvalue weighted by atomic mass is 35.5. The van der Waals surface area contributed by atoms with Crippen LogP contribution in [0.2, 0.25) is 5.02 Å². The molecule has 0 unspecified atom stereocenters. The fraction of sp³-hybridized carbons (Fsp3) is 0.588. The highest BCUT2D eigenvalue weighted by Gasteiger charge is 2.32. The van der Waals surface area contributed by atoms with E-state index < -0.39 is 6.29 Å². The number of nitrogens with zero attached hydrogens (tertiary/aromatic N) is 1. The van der Waals surface area contributed by atoms with E-state index >= 15 is 0 Å². The molecule has 2 saturated heterocycles. The molecular weight excluding hydrogens is 318 g/mol. The number of amides is 1. The monoisotopic (exact) mass is 339 g/mol. The Labute approximate surface area is 141 Å². The Morgan fingerprint density at radius 2 is 2.00 bits per heavy atom. The van der Waals surface area contributed by atoms with Crippen molar-refractivity contribution in [3.63, 3.8) is 0 Å². The molecule has 2 fully saturated rings. The summed E-state index contributed by atoms with van der Waals surface area (Å²) in [6.07, 6.45) is 0.509. The van der Waals surface area contributed by atoms with Gasteiger partial charge in [0.05, 0.1) is 38.8 Å². The van der Waals surface area contributed by atoms with Crippen molar-refractivity contribution in [1.82, 2.24) is 4.90 Å². The maximum atomic E-state index is 12.6. The molecule has 23 heavy (non-hydrogen) atoms. The third-order valence-electron chi connectivity index (χ3n) is 4.24. The summed E-state index contributed by atoms with van der Waals surface area (Å²) >= 11 is 6.25. The summed E-state index contributed by atoms with van der Waals surface area (Å²) in [5.74, 6) is 0.0322. The van der Waals surface area contributed by atoms with Crippen LogP contribution in [-0.2, 0) is 19.0 Å². The fourth-order valence-corrected chi connectivity index (χ4v) is 3.20. The molecule has 5 nitrogen and oxygen atoms in total. The largest absolute Gasteiger partial charge is 0.369 e. The lowest BCUT2D eigenvalue weighted by Crippen LogP contribution is -2.49. The van der Waals surface area contributed by atoms with E-state index in [2.05, 4.69) is 0 Å². The van der Waals surface area contributed by atoms with E-state index in [1.54, 1.807) is 0 Å². The second-order valence-corrected chi connectivity index (χ2v) is 6.37. The summed E-state index contributed by atoms with van der Waals surface area (Å²) in [6.45, 7) is 4.28. The lowest BCUT2D eigenvalue weighted by atomic mass is 10.1. The molecule has 0 aromatic heterocycles. The Hall–Kier alpha value is -1.14. The molecule has 2 atom stereocenters. The number of carbonyl (C=O) groups is 1. The Kier molecular flexibility index (Phi) is 5.54. The number of hydrogen-bond acceptors (Lipinski definition) is 4. The van der Waals surface area contributed by atoms with Crippen molar-refractivity contribution < 1.29 is 19.0 Å². The van der Waals surface area contributed by atoms with Gasteiger partial charge in [-0.1, -0.05) is 29.8 Å². The molecule has 2 aliphatic heterocycles. The second kappa shape index (κ2) is 7.62. The van der Waals surface area contributed by atoms with Crippen LogP contribution in [0.1, 0.15) is 31.4 Å². The zero-order valence-electron chi connectivity index (χ0n) is 13.2. The number of benzene rings is 1. The van der Waals surface area contributed by atoms with Gasteiger partial charge in [-0.2, -0.15) is 0 Å². The molecule has 126 valence electrons. The van der Waals surface area contributed by atoms with Crippen molar-refractivity contribution in [3.05, 3.63) is 34.9 Å². The van der Waals surface area contributed by atoms with Crippen LogP contribution in [0.5, 0.6) is 0 Å². The SMILES string of the molecule is C[C@@H]1CO[C@H](c2ccccc2Cl)CN1C(=O)CC1OCCCO1. The first-order chi connectivity index (χ1) is 11.1. The predicted molar refractivity (Wildman–Crippen MR) is 86.2 cm³/mol. The maximum Gasteiger partial charge on any atom is 0.228 e. The Bertz CT molecular complexity index is 547. The van der Waals surface area contributed by atoms with Crippen LogP contribution in [0, 0.1) is 0 Å². The van der Waals surface area contributed by atoms with Gasteiger partial charge in [0.15, 0.2) is 6.29 Å². The van der Waals surface area contributed by atoms with Gasteiger partial charge in [0.2, 0.25) is 5.91 Å². The van der Waals surface area contributed by atoms with Crippen molar-refractivity contribution in [1.29, 1.82) is 0 Å². The summed E-state index contributed by atoms with van der Waals surface area (Å²) in [7, 11) is 0. The van der Waals surface area contributed by atoms with Crippen molar-refractivity contribution in [3.8, 4) is 0 Å². The third-order valence-corrected chi connectivity index (χ3v) is 4.59. The summed E-state index contributed by atoms with van der Waals surface area (Å²) in [5, 5.41) is 0.665. The zero-order chi connectivity index (χ0) is 16.2. The summed E-state index contributed by atoms with van der Waals surface area (Å²) < 4.78 is 16.9. The van der Waals surface area contributed by atoms with Crippen LogP contribution in [0.25, 0.3) is 0 Å². The quantitative estimate of drug-likeness (QED) is 0.849. The van der Waals surface area contributed by atoms with E-state index in [9.17, 15) is 4.79 Å². The van der Waals surface area contributed by atoms with Crippen molar-refractivity contribution >= 4 is 17.5 Å². The standard InChI is InChI=1S/C17H22ClNO4/c1-12-11-23-15(13-5-2-3-6-14(13)18)10-19(12)16(20)9-17-21-7-4-8-22-17/h2-3,5-6,12,15,17H,4,7-11H2,1H3/t12-,15+/m1/s1. The minimum absolute atomic E-state index is 0.0322. The van der Waals surface area contributed by atoms with E-state index in [4.69, 9.17) is 25.8 Å². The van der Waals surface area contributed by atoms with Gasteiger partial charge in [0.25, 0.3) is 0 Å². The second-order valence-electron chi connectivity index (χ2n) is 5.97. The van der Waals surface area contributed by atoms with E-state index in [1.165, 1.54) is 0 Å². The molecule has 6 heteroatoms. The molecule has 0 radical (unpaired) electrons. The van der Waals surface area contributed by atoms with Gasteiger partial charge in [0.1, 0.15) is 6.10 Å². The third kappa shape index (κ3) is 4.04. The molecule has 0 N–H and O–H groups in total. The number of ether oxygens (including phenoxy) is 3. The molecule has 1 amide bonds. The Morgan fingerprint density at radius 3 is 2.74 bits per heavy atom. The van der Waals surface area contributed by atoms with Gasteiger partial charge < -0.3 is 19.1 Å². The molecule has 2 heterocycles. The van der Waals surface area contributed by atoms with Crippen LogP contribution >= 0.6 is 11.6 Å². The fourth-order valence-electron chi connectivity index (χ4n) is 2.94. The normalized spacial score (nSPS) is 26.3. The summed E-state index contributed by atoms with van der Waals surface area (Å²) in [6, 6.07) is 7.63. The van der Waals surface area contributed by atoms with Crippen LogP contribution in [0.4, 0.5) is 0 Å². The first-order valence-corrected chi connectivity index (χ1v) is 8.41. The minimum atomic E-state index is -0.426. The number of hydrogen-bond donors (Lipinski definition) is 0. The molecule has 0 spiro atoms. The number of carbonyl (C=O) groups excluding carboxylic acids is 1. The van der Waals surface area contributed by atoms with Crippen molar-refractivity contribution in [2.45, 2.75) is 38.2 Å². The summed E-state index contributed by atoms with van der Waals surface area (Å²) in [5.41, 5.74) is 0.920. The van der Waals surface area contributed by atoms with E-state index in [0.717, 1.165) is 12.0 Å². The average Bonchev–Trinajstić information content (AvgIpc) is 2.57.